The molecule has 37 heavy (non-hydrogen) atoms. The molecule has 0 saturated carbocycles. The monoisotopic (exact) mass is 503 g/mol. The van der Waals surface area contributed by atoms with Crippen molar-refractivity contribution in [3.05, 3.63) is 61.4 Å². The minimum Gasteiger partial charge on any atom is -0.458 e. The predicted molar refractivity (Wildman–Crippen MR) is 135 cm³/mol. The van der Waals surface area contributed by atoms with Gasteiger partial charge in [0.1, 0.15) is 12.7 Å². The highest BCUT2D eigenvalue weighted by Crippen LogP contribution is 2.46. The van der Waals surface area contributed by atoms with Crippen molar-refractivity contribution in [2.24, 2.45) is 0 Å². The van der Waals surface area contributed by atoms with Crippen LogP contribution in [0.25, 0.3) is 22.3 Å². The van der Waals surface area contributed by atoms with Gasteiger partial charge in [0.25, 0.3) is 5.56 Å². The quantitative estimate of drug-likeness (QED) is 0.365. The van der Waals surface area contributed by atoms with Gasteiger partial charge in [-0.15, -0.1) is 0 Å². The lowest BCUT2D eigenvalue weighted by Crippen LogP contribution is -2.44. The van der Waals surface area contributed by atoms with Gasteiger partial charge in [0.2, 0.25) is 5.91 Å². The molecule has 192 valence electrons. The van der Waals surface area contributed by atoms with Crippen LogP contribution in [0.4, 0.5) is 0 Å². The number of aromatic nitrogens is 2. The van der Waals surface area contributed by atoms with E-state index in [0.717, 1.165) is 34.0 Å². The van der Waals surface area contributed by atoms with Crippen LogP contribution in [0.2, 0.25) is 0 Å². The number of nitrogens with zero attached hydrogens (tertiary/aromatic N) is 2. The second kappa shape index (κ2) is 7.97. The molecule has 3 aliphatic rings. The van der Waals surface area contributed by atoms with E-state index < -0.39 is 23.6 Å². The molecular weight excluding hydrogens is 474 g/mol. The summed E-state index contributed by atoms with van der Waals surface area (Å²) in [6.07, 6.45) is 0.329. The molecular formula is C28H29N3O6. The molecule has 9 heteroatoms. The van der Waals surface area contributed by atoms with Gasteiger partial charge in [-0.2, -0.15) is 0 Å². The number of fused-ring (bicyclic) bond motifs is 5. The number of ether oxygens (including phenoxy) is 1. The molecule has 0 spiro atoms. The number of pyridine rings is 2. The molecule has 1 amide bonds. The summed E-state index contributed by atoms with van der Waals surface area (Å²) in [4.78, 5) is 43.7. The summed E-state index contributed by atoms with van der Waals surface area (Å²) >= 11 is 0. The molecule has 2 aromatic heterocycles. The fraction of sp³-hybridized carbons (Fsp3) is 0.429. The lowest BCUT2D eigenvalue weighted by Gasteiger charge is -2.31. The summed E-state index contributed by atoms with van der Waals surface area (Å²) in [5.74, 6) is -1.22. The summed E-state index contributed by atoms with van der Waals surface area (Å²) in [5.41, 5.74) is 5.44. The van der Waals surface area contributed by atoms with Gasteiger partial charge < -0.3 is 24.8 Å². The molecule has 4 heterocycles. The van der Waals surface area contributed by atoms with E-state index in [9.17, 15) is 24.6 Å². The number of carbonyl (C=O) groups excluding carboxylic acids is 2. The molecule has 0 saturated heterocycles. The third kappa shape index (κ3) is 3.17. The standard InChI is InChI=1S/C28H29N3O6/c1-5-28(36)18-9-21-24-16(10-31(21)26(34)17(18)11-37-27(28)35)23-19(30-25(33)14(4)32)7-6-15-13(3)12(2)8-20(29-24)22(15)23/h8-9,14,19,32,36H,5-7,10-11H2,1-4H3,(H,30,33)/t14-,19+,28+/m1/s1. The molecule has 3 N–H and O–H groups in total. The van der Waals surface area contributed by atoms with Crippen molar-refractivity contribution < 1.29 is 24.5 Å². The zero-order valence-electron chi connectivity index (χ0n) is 21.3. The minimum absolute atomic E-state index is 0.0697. The van der Waals surface area contributed by atoms with Gasteiger partial charge in [-0.1, -0.05) is 6.92 Å². The van der Waals surface area contributed by atoms with Crippen LogP contribution in [-0.2, 0) is 39.5 Å². The molecule has 3 aromatic rings. The summed E-state index contributed by atoms with van der Waals surface area (Å²) in [6.45, 7) is 7.30. The van der Waals surface area contributed by atoms with Gasteiger partial charge >= 0.3 is 5.97 Å². The Morgan fingerprint density at radius 2 is 2.03 bits per heavy atom. The molecule has 0 unspecified atom stereocenters. The van der Waals surface area contributed by atoms with E-state index >= 15 is 0 Å². The fourth-order valence-corrected chi connectivity index (χ4v) is 6.17. The summed E-state index contributed by atoms with van der Waals surface area (Å²) in [7, 11) is 0. The van der Waals surface area contributed by atoms with Crippen LogP contribution in [0, 0.1) is 13.8 Å². The number of hydrogen-bond donors (Lipinski definition) is 3. The largest absolute Gasteiger partial charge is 0.458 e. The highest BCUT2D eigenvalue weighted by molar-refractivity contribution is 5.94. The summed E-state index contributed by atoms with van der Waals surface area (Å²) < 4.78 is 6.80. The first-order valence-electron chi connectivity index (χ1n) is 12.7. The number of hydrogen-bond acceptors (Lipinski definition) is 7. The third-order valence-electron chi connectivity index (χ3n) is 8.40. The molecule has 0 radical (unpaired) electrons. The van der Waals surface area contributed by atoms with Gasteiger partial charge in [0.15, 0.2) is 5.60 Å². The number of rotatable bonds is 3. The van der Waals surface area contributed by atoms with Crippen molar-refractivity contribution in [2.75, 3.05) is 0 Å². The van der Waals surface area contributed by atoms with E-state index in [2.05, 4.69) is 12.2 Å². The van der Waals surface area contributed by atoms with Crippen molar-refractivity contribution in [3.63, 3.8) is 0 Å². The zero-order chi connectivity index (χ0) is 26.4. The minimum atomic E-state index is -1.90. The van der Waals surface area contributed by atoms with Crippen molar-refractivity contribution in [3.8, 4) is 11.4 Å². The van der Waals surface area contributed by atoms with Crippen LogP contribution in [0.1, 0.15) is 71.7 Å². The predicted octanol–water partition coefficient (Wildman–Crippen LogP) is 2.18. The number of carbonyl (C=O) groups is 2. The molecule has 0 fully saturated rings. The fourth-order valence-electron chi connectivity index (χ4n) is 6.17. The summed E-state index contributed by atoms with van der Waals surface area (Å²) in [5, 5.41) is 25.0. The van der Waals surface area contributed by atoms with Crippen molar-refractivity contribution in [1.29, 1.82) is 0 Å². The third-order valence-corrected chi connectivity index (χ3v) is 8.40. The van der Waals surface area contributed by atoms with E-state index in [0.29, 0.717) is 17.8 Å². The number of amides is 1. The van der Waals surface area contributed by atoms with Crippen LogP contribution in [-0.4, -0.2) is 37.7 Å². The molecule has 2 aliphatic heterocycles. The molecule has 1 aliphatic carbocycles. The number of aryl methyl sites for hydroxylation is 2. The molecule has 6 rings (SSSR count). The van der Waals surface area contributed by atoms with Gasteiger partial charge in [0.05, 0.1) is 35.1 Å². The first kappa shape index (κ1) is 23.8. The molecule has 0 bridgehead atoms. The normalized spacial score (nSPS) is 22.2. The van der Waals surface area contributed by atoms with Crippen LogP contribution in [0.5, 0.6) is 0 Å². The van der Waals surface area contributed by atoms with Gasteiger partial charge in [-0.3, -0.25) is 9.59 Å². The number of esters is 1. The Bertz CT molecular complexity index is 1600. The molecule has 9 nitrogen and oxygen atoms in total. The SMILES string of the molecule is CC[C@@]1(O)C(=O)OCc2c1cc1n(c2=O)Cc2c-1nc1cc(C)c(C)c3c1c2[C@@H](NC(=O)[C@@H](C)O)CC3. The lowest BCUT2D eigenvalue weighted by atomic mass is 9.80. The maximum atomic E-state index is 13.6. The maximum Gasteiger partial charge on any atom is 0.343 e. The topological polar surface area (TPSA) is 131 Å². The Labute approximate surface area is 213 Å². The van der Waals surface area contributed by atoms with Crippen LogP contribution in [0.15, 0.2) is 16.9 Å². The van der Waals surface area contributed by atoms with Gasteiger partial charge in [-0.25, -0.2) is 9.78 Å². The Kier molecular flexibility index (Phi) is 5.13. The highest BCUT2D eigenvalue weighted by Gasteiger charge is 2.46. The Morgan fingerprint density at radius 3 is 2.73 bits per heavy atom. The first-order chi connectivity index (χ1) is 17.6. The Balaban J connectivity index is 1.65. The summed E-state index contributed by atoms with van der Waals surface area (Å²) in [6, 6.07) is 3.37. The number of cyclic esters (lactones) is 1. The second-order valence-electron chi connectivity index (χ2n) is 10.4. The van der Waals surface area contributed by atoms with E-state index in [1.807, 2.05) is 13.0 Å². The van der Waals surface area contributed by atoms with E-state index in [1.54, 1.807) is 17.6 Å². The van der Waals surface area contributed by atoms with Gasteiger partial charge in [-0.05, 0) is 74.4 Å². The van der Waals surface area contributed by atoms with Crippen LogP contribution in [0.3, 0.4) is 0 Å². The van der Waals surface area contributed by atoms with Crippen molar-refractivity contribution in [1.82, 2.24) is 14.9 Å². The second-order valence-corrected chi connectivity index (χ2v) is 10.4. The average molecular weight is 504 g/mol. The Morgan fingerprint density at radius 1 is 1.27 bits per heavy atom. The smallest absolute Gasteiger partial charge is 0.343 e. The molecule has 1 aromatic carbocycles. The average Bonchev–Trinajstić information content (AvgIpc) is 3.24. The number of nitrogens with one attached hydrogen (secondary N) is 1. The first-order valence-corrected chi connectivity index (χ1v) is 12.7. The van der Waals surface area contributed by atoms with Crippen molar-refractivity contribution >= 4 is 22.8 Å². The number of aliphatic hydroxyl groups excluding tert-OH is 1. The van der Waals surface area contributed by atoms with Crippen molar-refractivity contribution in [2.45, 2.75) is 77.9 Å². The van der Waals surface area contributed by atoms with E-state index in [1.165, 1.54) is 18.1 Å². The van der Waals surface area contributed by atoms with Crippen LogP contribution >= 0.6 is 0 Å². The van der Waals surface area contributed by atoms with E-state index in [4.69, 9.17) is 9.72 Å². The number of aliphatic hydroxyl groups is 2. The maximum absolute atomic E-state index is 13.6. The highest BCUT2D eigenvalue weighted by atomic mass is 16.6. The molecule has 3 atom stereocenters. The van der Waals surface area contributed by atoms with E-state index in [-0.39, 0.29) is 42.3 Å². The number of benzene rings is 1. The van der Waals surface area contributed by atoms with Crippen LogP contribution < -0.4 is 10.9 Å². The Hall–Kier alpha value is -3.56. The van der Waals surface area contributed by atoms with Gasteiger partial charge in [0, 0.05) is 16.5 Å². The zero-order valence-corrected chi connectivity index (χ0v) is 21.3. The lowest BCUT2D eigenvalue weighted by molar-refractivity contribution is -0.172.